The molecule has 0 atom stereocenters. The van der Waals surface area contributed by atoms with Crippen molar-refractivity contribution < 1.29 is 0 Å². The molecular formula is C63H47BN2. The molecule has 66 heavy (non-hydrogen) atoms. The summed E-state index contributed by atoms with van der Waals surface area (Å²) in [5, 5.41) is 6.57. The third-order valence-electron chi connectivity index (χ3n) is 16.2. The molecule has 1 aliphatic carbocycles. The topological polar surface area (TPSA) is 9.86 Å². The number of para-hydroxylation sites is 2. The fourth-order valence-corrected chi connectivity index (χ4v) is 13.4. The fraction of sp³-hybridized carbons (Fsp3) is 0.143. The Bertz CT molecular complexity index is 3950. The molecule has 0 radical (unpaired) electrons. The van der Waals surface area contributed by atoms with Crippen LogP contribution in [0.5, 0.6) is 0 Å². The van der Waals surface area contributed by atoms with Crippen LogP contribution < -0.4 is 16.4 Å². The summed E-state index contributed by atoms with van der Waals surface area (Å²) >= 11 is 0. The molecule has 0 N–H and O–H groups in total. The largest absolute Gasteiger partial charge is 0.310 e. The molecule has 3 aliphatic heterocycles. The van der Waals surface area contributed by atoms with E-state index in [-0.39, 0.29) is 17.5 Å². The summed E-state index contributed by atoms with van der Waals surface area (Å²) in [6, 6.07) is 68.6. The normalized spacial score (nSPS) is 14.6. The molecular weight excluding hydrogens is 796 g/mol. The second-order valence-corrected chi connectivity index (χ2v) is 21.6. The highest BCUT2D eigenvalue weighted by Gasteiger charge is 2.54. The van der Waals surface area contributed by atoms with Crippen LogP contribution in [0, 0.1) is 0 Å². The summed E-state index contributed by atoms with van der Waals surface area (Å²) in [7, 11) is 0. The molecule has 0 bridgehead atoms. The van der Waals surface area contributed by atoms with Gasteiger partial charge in [0.1, 0.15) is 0 Å². The number of nitrogens with zero attached hydrogens (tertiary/aromatic N) is 2. The van der Waals surface area contributed by atoms with Crippen molar-refractivity contribution in [3.63, 3.8) is 0 Å². The van der Waals surface area contributed by atoms with Crippen LogP contribution in [0.3, 0.4) is 0 Å². The van der Waals surface area contributed by atoms with Crippen LogP contribution in [-0.4, -0.2) is 15.8 Å². The Morgan fingerprint density at radius 3 is 1.70 bits per heavy atom. The van der Waals surface area contributed by atoms with Gasteiger partial charge in [-0.2, -0.15) is 0 Å². The number of benzene rings is 9. The highest BCUT2D eigenvalue weighted by molar-refractivity contribution is 7.00. The van der Waals surface area contributed by atoms with Gasteiger partial charge in [-0.05, 0) is 99.7 Å². The summed E-state index contributed by atoms with van der Waals surface area (Å²) in [5.74, 6) is 0. The van der Waals surface area contributed by atoms with Crippen LogP contribution >= 0.6 is 0 Å². The van der Waals surface area contributed by atoms with Crippen LogP contribution in [0.2, 0.25) is 0 Å². The first kappa shape index (κ1) is 36.9. The molecule has 312 valence electrons. The van der Waals surface area contributed by atoms with Gasteiger partial charge < -0.3 is 9.13 Å². The molecule has 2 nitrogen and oxygen atoms in total. The number of fused-ring (bicyclic) bond motifs is 13. The quantitative estimate of drug-likeness (QED) is 0.153. The third-order valence-corrected chi connectivity index (χ3v) is 16.2. The van der Waals surface area contributed by atoms with Crippen LogP contribution in [-0.2, 0) is 16.2 Å². The SMILES string of the molecule is CC(C)(C)c1ccc(-c2c(-c3ccc(C(C)(C)C)cc3)n3c4c(cc5ccccc5c24)B2c4c-3ccc3c4-n4c5c2cccc5c2cccc(c24)C32c3ccccc3-c3ccccc32)cc1. The van der Waals surface area contributed by atoms with Gasteiger partial charge in [0, 0.05) is 38.6 Å². The van der Waals surface area contributed by atoms with Crippen molar-refractivity contribution in [2.24, 2.45) is 0 Å². The van der Waals surface area contributed by atoms with Crippen molar-refractivity contribution in [2.45, 2.75) is 57.8 Å². The molecule has 3 heteroatoms. The summed E-state index contributed by atoms with van der Waals surface area (Å²) in [4.78, 5) is 0. The number of hydrogen-bond acceptors (Lipinski definition) is 0. The van der Waals surface area contributed by atoms with Crippen LogP contribution in [0.1, 0.15) is 74.9 Å². The van der Waals surface area contributed by atoms with E-state index in [2.05, 4.69) is 227 Å². The predicted molar refractivity (Wildman–Crippen MR) is 279 cm³/mol. The highest BCUT2D eigenvalue weighted by Crippen LogP contribution is 2.61. The fourth-order valence-electron chi connectivity index (χ4n) is 13.4. The lowest BCUT2D eigenvalue weighted by atomic mass is 9.33. The summed E-state index contributed by atoms with van der Waals surface area (Å²) in [6.07, 6.45) is 0. The number of hydrogen-bond donors (Lipinski definition) is 0. The van der Waals surface area contributed by atoms with E-state index >= 15 is 0 Å². The molecule has 9 aromatic carbocycles. The minimum Gasteiger partial charge on any atom is -0.310 e. The van der Waals surface area contributed by atoms with Gasteiger partial charge in [0.05, 0.1) is 22.1 Å². The molecule has 11 aromatic rings. The van der Waals surface area contributed by atoms with E-state index in [4.69, 9.17) is 0 Å². The average Bonchev–Trinajstić information content (AvgIpc) is 3.97. The first-order valence-corrected chi connectivity index (χ1v) is 23.8. The Hall–Kier alpha value is -7.36. The summed E-state index contributed by atoms with van der Waals surface area (Å²) < 4.78 is 5.42. The van der Waals surface area contributed by atoms with E-state index in [0.29, 0.717) is 0 Å². The van der Waals surface area contributed by atoms with E-state index in [0.717, 1.165) is 0 Å². The highest BCUT2D eigenvalue weighted by atomic mass is 15.1. The van der Waals surface area contributed by atoms with E-state index in [1.165, 1.54) is 138 Å². The molecule has 0 fully saturated rings. The van der Waals surface area contributed by atoms with Gasteiger partial charge in [-0.25, -0.2) is 0 Å². The van der Waals surface area contributed by atoms with Crippen molar-refractivity contribution >= 4 is 66.6 Å². The van der Waals surface area contributed by atoms with Crippen LogP contribution in [0.25, 0.3) is 88.4 Å². The first-order chi connectivity index (χ1) is 32.0. The molecule has 0 amide bonds. The number of aromatic nitrogens is 2. The van der Waals surface area contributed by atoms with Crippen LogP contribution in [0.15, 0.2) is 176 Å². The Balaban J connectivity index is 1.16. The third kappa shape index (κ3) is 4.27. The van der Waals surface area contributed by atoms with E-state index in [1.807, 2.05) is 0 Å². The van der Waals surface area contributed by atoms with Crippen molar-refractivity contribution in [1.82, 2.24) is 9.13 Å². The van der Waals surface area contributed by atoms with Gasteiger partial charge in [0.25, 0.3) is 6.71 Å². The molecule has 2 aromatic heterocycles. The smallest absolute Gasteiger partial charge is 0.252 e. The Kier molecular flexibility index (Phi) is 6.77. The molecule has 0 saturated carbocycles. The lowest BCUT2D eigenvalue weighted by Gasteiger charge is -2.44. The number of rotatable bonds is 2. The maximum Gasteiger partial charge on any atom is 0.252 e. The predicted octanol–water partition coefficient (Wildman–Crippen LogP) is 13.6. The molecule has 5 heterocycles. The molecule has 0 unspecified atom stereocenters. The zero-order valence-corrected chi connectivity index (χ0v) is 38.2. The Morgan fingerprint density at radius 2 is 1.02 bits per heavy atom. The zero-order valence-electron chi connectivity index (χ0n) is 38.2. The van der Waals surface area contributed by atoms with Crippen LogP contribution in [0.4, 0.5) is 0 Å². The van der Waals surface area contributed by atoms with Gasteiger partial charge in [0.2, 0.25) is 0 Å². The molecule has 1 spiro atoms. The maximum atomic E-state index is 2.71. The monoisotopic (exact) mass is 842 g/mol. The summed E-state index contributed by atoms with van der Waals surface area (Å²) in [6.45, 7) is 13.9. The van der Waals surface area contributed by atoms with Crippen molar-refractivity contribution in [2.75, 3.05) is 0 Å². The van der Waals surface area contributed by atoms with Crippen molar-refractivity contribution in [3.8, 4) is 44.9 Å². The lowest BCUT2D eigenvalue weighted by Crippen LogP contribution is -2.60. The molecule has 4 aliphatic rings. The average molecular weight is 843 g/mol. The van der Waals surface area contributed by atoms with E-state index < -0.39 is 5.41 Å². The molecule has 15 rings (SSSR count). The lowest BCUT2D eigenvalue weighted by molar-refractivity contribution is 0.590. The zero-order chi connectivity index (χ0) is 44.2. The van der Waals surface area contributed by atoms with Crippen molar-refractivity contribution in [3.05, 3.63) is 209 Å². The van der Waals surface area contributed by atoms with Gasteiger partial charge >= 0.3 is 0 Å². The maximum absolute atomic E-state index is 2.71. The van der Waals surface area contributed by atoms with Gasteiger partial charge in [-0.1, -0.05) is 211 Å². The van der Waals surface area contributed by atoms with Gasteiger partial charge in [0.15, 0.2) is 0 Å². The Labute approximate surface area is 385 Å². The second kappa shape index (κ2) is 12.1. The molecule has 0 saturated heterocycles. The first-order valence-electron chi connectivity index (χ1n) is 23.8. The minimum absolute atomic E-state index is 0.0164. The van der Waals surface area contributed by atoms with E-state index in [9.17, 15) is 0 Å². The Morgan fingerprint density at radius 1 is 0.439 bits per heavy atom. The minimum atomic E-state index is -0.495. The van der Waals surface area contributed by atoms with Gasteiger partial charge in [-0.15, -0.1) is 0 Å². The summed E-state index contributed by atoms with van der Waals surface area (Å²) in [5.41, 5.74) is 26.3. The van der Waals surface area contributed by atoms with Gasteiger partial charge in [-0.3, -0.25) is 0 Å². The standard InChI is InChI=1S/C63H47BN2/c1-61(2,3)39-29-25-36(26-30-39)53-54-41-16-8-7-15-38(41)35-51-60(54)65(56(53)37-27-31-40(32-28-37)62(4,5)6)52-34-33-49-59-55(52)64(51)50-24-14-20-45-44-19-13-23-48(57(44)66(59)58(45)50)63(49)46-21-11-9-17-42(46)43-18-10-12-22-47(43)63/h7-35H,1-6H3. The second-order valence-electron chi connectivity index (χ2n) is 21.6. The van der Waals surface area contributed by atoms with Crippen molar-refractivity contribution in [1.29, 1.82) is 0 Å². The van der Waals surface area contributed by atoms with E-state index in [1.54, 1.807) is 0 Å².